The molecule has 2 nitrogen and oxygen atoms in total. The fourth-order valence-electron chi connectivity index (χ4n) is 8.00. The van der Waals surface area contributed by atoms with E-state index in [1.165, 1.54) is 38.5 Å². The van der Waals surface area contributed by atoms with Gasteiger partial charge in [0.2, 0.25) is 0 Å². The molecule has 136 valence electrons. The molecule has 0 spiro atoms. The first-order chi connectivity index (χ1) is 11.9. The van der Waals surface area contributed by atoms with Gasteiger partial charge in [0.25, 0.3) is 0 Å². The van der Waals surface area contributed by atoms with Crippen molar-refractivity contribution in [3.63, 3.8) is 0 Å². The number of thiocarbonyl (C=S) groups is 1. The minimum Gasteiger partial charge on any atom is -0.226 e. The molecule has 3 heteroatoms. The molecule has 0 saturated heterocycles. The molecule has 4 aliphatic carbocycles. The van der Waals surface area contributed by atoms with Crippen molar-refractivity contribution in [2.24, 2.45) is 57.8 Å². The average molecular weight is 357 g/mol. The maximum Gasteiger partial charge on any atom is 0.0713 e. The summed E-state index contributed by atoms with van der Waals surface area (Å²) in [5.41, 5.74) is -0.153. The lowest BCUT2D eigenvalue weighted by atomic mass is 9.39. The molecular formula is C22H32N2S. The zero-order valence-corrected chi connectivity index (χ0v) is 17.0. The van der Waals surface area contributed by atoms with Crippen LogP contribution in [0, 0.1) is 64.1 Å². The van der Waals surface area contributed by atoms with E-state index in [1.54, 1.807) is 0 Å². The van der Waals surface area contributed by atoms with Gasteiger partial charge in [0.15, 0.2) is 0 Å². The van der Waals surface area contributed by atoms with E-state index in [-0.39, 0.29) is 11.0 Å². The van der Waals surface area contributed by atoms with Crippen molar-refractivity contribution in [2.45, 2.75) is 71.8 Å². The van der Waals surface area contributed by atoms with Crippen molar-refractivity contribution >= 4 is 17.4 Å². The van der Waals surface area contributed by atoms with Gasteiger partial charge in [-0.1, -0.05) is 13.8 Å². The fraction of sp³-hybridized carbons (Fsp3) is 0.909. The van der Waals surface area contributed by atoms with Gasteiger partial charge < -0.3 is 0 Å². The summed E-state index contributed by atoms with van der Waals surface area (Å²) < 4.78 is 0. The Morgan fingerprint density at radius 2 is 1.76 bits per heavy atom. The molecule has 0 N–H and O–H groups in total. The third-order valence-corrected chi connectivity index (χ3v) is 9.47. The van der Waals surface area contributed by atoms with E-state index in [4.69, 9.17) is 17.2 Å². The van der Waals surface area contributed by atoms with Gasteiger partial charge in [-0.15, -0.1) is 0 Å². The predicted molar refractivity (Wildman–Crippen MR) is 104 cm³/mol. The molecular weight excluding hydrogens is 324 g/mol. The van der Waals surface area contributed by atoms with Gasteiger partial charge in [-0.05, 0) is 112 Å². The molecule has 0 aromatic rings. The summed E-state index contributed by atoms with van der Waals surface area (Å²) in [6.45, 7) is 9.43. The molecule has 4 rings (SSSR count). The highest BCUT2D eigenvalue weighted by molar-refractivity contribution is 7.78. The zero-order chi connectivity index (χ0) is 18.0. The van der Waals surface area contributed by atoms with Crippen molar-refractivity contribution in [3.05, 3.63) is 0 Å². The van der Waals surface area contributed by atoms with Gasteiger partial charge in [0.05, 0.1) is 22.2 Å². The lowest BCUT2D eigenvalue weighted by molar-refractivity contribution is -0.158. The molecule has 25 heavy (non-hydrogen) atoms. The van der Waals surface area contributed by atoms with Gasteiger partial charge >= 0.3 is 0 Å². The van der Waals surface area contributed by atoms with Crippen LogP contribution in [0.25, 0.3) is 0 Å². The van der Waals surface area contributed by atoms with Crippen LogP contribution in [0.4, 0.5) is 0 Å². The highest BCUT2D eigenvalue weighted by Crippen LogP contribution is 2.67. The Balaban J connectivity index is 1.79. The van der Waals surface area contributed by atoms with Crippen molar-refractivity contribution in [2.75, 3.05) is 0 Å². The molecule has 0 aliphatic heterocycles. The van der Waals surface area contributed by atoms with Gasteiger partial charge in [-0.2, -0.15) is 5.26 Å². The first kappa shape index (κ1) is 17.7. The lowest BCUT2D eigenvalue weighted by Crippen LogP contribution is -2.61. The quantitative estimate of drug-likeness (QED) is 0.443. The smallest absolute Gasteiger partial charge is 0.0713 e. The van der Waals surface area contributed by atoms with E-state index < -0.39 is 0 Å². The van der Waals surface area contributed by atoms with Crippen LogP contribution in [-0.2, 0) is 0 Å². The molecule has 0 amide bonds. The summed E-state index contributed by atoms with van der Waals surface area (Å²) in [6, 6.07) is 2.79. The van der Waals surface area contributed by atoms with Crippen LogP contribution < -0.4 is 0 Å². The van der Waals surface area contributed by atoms with E-state index in [0.29, 0.717) is 17.8 Å². The molecule has 0 bridgehead atoms. The second-order valence-electron chi connectivity index (χ2n) is 10.2. The first-order valence-electron chi connectivity index (χ1n) is 10.4. The number of isothiocyanates is 1. The number of hydrogen-bond donors (Lipinski definition) is 0. The summed E-state index contributed by atoms with van der Waals surface area (Å²) >= 11 is 5.01. The molecule has 0 aromatic carbocycles. The lowest BCUT2D eigenvalue weighted by Gasteiger charge is -2.65. The van der Waals surface area contributed by atoms with E-state index in [0.717, 1.165) is 29.6 Å². The standard InChI is InChI=1S/C22H32N2S/c1-13-9-15-10-14(2)21(3,11-23)17-5-6-18-20(19(15)17)16(13)7-8-22(18,4)24-12-25/h13-20H,5-10H2,1-4H3. The highest BCUT2D eigenvalue weighted by atomic mass is 32.1. The Labute approximate surface area is 158 Å². The van der Waals surface area contributed by atoms with Gasteiger partial charge in [-0.25, -0.2) is 4.99 Å². The summed E-state index contributed by atoms with van der Waals surface area (Å²) in [5.74, 6) is 5.72. The SMILES string of the molecule is CC1CC2CC(C)C(C)(C#N)C3CCC4C(C1CCC4(C)N=C=S)C23. The third-order valence-electron chi connectivity index (χ3n) is 9.38. The highest BCUT2D eigenvalue weighted by Gasteiger charge is 2.63. The summed E-state index contributed by atoms with van der Waals surface area (Å²) in [4.78, 5) is 4.72. The van der Waals surface area contributed by atoms with Crippen LogP contribution in [0.5, 0.6) is 0 Å². The minimum absolute atomic E-state index is 0.0123. The maximum atomic E-state index is 10.1. The average Bonchev–Trinajstić information content (AvgIpc) is 2.58. The number of hydrogen-bond acceptors (Lipinski definition) is 3. The van der Waals surface area contributed by atoms with Crippen molar-refractivity contribution in [3.8, 4) is 6.07 Å². The number of nitrogens with zero attached hydrogens (tertiary/aromatic N) is 2. The molecule has 10 atom stereocenters. The van der Waals surface area contributed by atoms with E-state index >= 15 is 0 Å². The van der Waals surface area contributed by atoms with Crippen molar-refractivity contribution in [1.29, 1.82) is 5.26 Å². The second kappa shape index (κ2) is 5.90. The Bertz CT molecular complexity index is 647. The summed E-state index contributed by atoms with van der Waals surface area (Å²) in [5, 5.41) is 12.8. The zero-order valence-electron chi connectivity index (χ0n) is 16.2. The Kier molecular flexibility index (Phi) is 4.17. The molecule has 4 aliphatic rings. The molecule has 0 aromatic heterocycles. The van der Waals surface area contributed by atoms with Crippen LogP contribution in [0.1, 0.15) is 66.2 Å². The first-order valence-corrected chi connectivity index (χ1v) is 10.8. The van der Waals surface area contributed by atoms with Crippen molar-refractivity contribution in [1.82, 2.24) is 0 Å². The van der Waals surface area contributed by atoms with Gasteiger partial charge in [-0.3, -0.25) is 0 Å². The van der Waals surface area contributed by atoms with Crippen LogP contribution in [-0.4, -0.2) is 10.7 Å². The predicted octanol–water partition coefficient (Wildman–Crippen LogP) is 5.74. The number of rotatable bonds is 1. The van der Waals surface area contributed by atoms with Gasteiger partial charge in [0, 0.05) is 0 Å². The third kappa shape index (κ3) is 2.33. The van der Waals surface area contributed by atoms with E-state index in [9.17, 15) is 5.26 Å². The Morgan fingerprint density at radius 3 is 2.44 bits per heavy atom. The largest absolute Gasteiger partial charge is 0.226 e. The van der Waals surface area contributed by atoms with Crippen LogP contribution in [0.2, 0.25) is 0 Å². The topological polar surface area (TPSA) is 36.1 Å². The van der Waals surface area contributed by atoms with Crippen molar-refractivity contribution < 1.29 is 0 Å². The fourth-order valence-corrected chi connectivity index (χ4v) is 8.20. The Morgan fingerprint density at radius 1 is 1.04 bits per heavy atom. The Hall–Kier alpha value is -0.710. The van der Waals surface area contributed by atoms with E-state index in [2.05, 4.69) is 38.9 Å². The summed E-state index contributed by atoms with van der Waals surface area (Å²) in [7, 11) is 0. The molecule has 10 unspecified atom stereocenters. The minimum atomic E-state index is -0.140. The van der Waals surface area contributed by atoms with Gasteiger partial charge in [0.1, 0.15) is 0 Å². The molecule has 0 heterocycles. The normalized spacial score (nSPS) is 56.9. The number of nitriles is 1. The molecule has 0 radical (unpaired) electrons. The van der Waals surface area contributed by atoms with Crippen LogP contribution in [0.3, 0.4) is 0 Å². The summed E-state index contributed by atoms with van der Waals surface area (Å²) in [6.07, 6.45) is 7.52. The molecule has 4 fully saturated rings. The van der Waals surface area contributed by atoms with E-state index in [1.807, 2.05) is 0 Å². The van der Waals surface area contributed by atoms with Crippen LogP contribution >= 0.6 is 12.2 Å². The maximum absolute atomic E-state index is 10.1. The monoisotopic (exact) mass is 356 g/mol. The number of aliphatic imine (C=N–C) groups is 1. The molecule has 4 saturated carbocycles. The van der Waals surface area contributed by atoms with Crippen LogP contribution in [0.15, 0.2) is 4.99 Å². The second-order valence-corrected chi connectivity index (χ2v) is 10.4.